The zero-order chi connectivity index (χ0) is 21.8. The van der Waals surface area contributed by atoms with E-state index in [-0.39, 0.29) is 12.5 Å². The molecule has 2 aromatic carbocycles. The van der Waals surface area contributed by atoms with Gasteiger partial charge in [0.15, 0.2) is 5.82 Å². The van der Waals surface area contributed by atoms with Gasteiger partial charge in [-0.2, -0.15) is 5.10 Å². The van der Waals surface area contributed by atoms with Gasteiger partial charge in [0.05, 0.1) is 10.2 Å². The number of ether oxygens (including phenoxy) is 1. The largest absolute Gasteiger partial charge is 0.445 e. The first-order valence-electron chi connectivity index (χ1n) is 9.81. The number of rotatable bonds is 5. The Morgan fingerprint density at radius 1 is 1.19 bits per heavy atom. The summed E-state index contributed by atoms with van der Waals surface area (Å²) in [6, 6.07) is 16.1. The van der Waals surface area contributed by atoms with Crippen molar-refractivity contribution in [3.05, 3.63) is 69.7 Å². The van der Waals surface area contributed by atoms with Crippen LogP contribution < -0.4 is 5.32 Å². The van der Waals surface area contributed by atoms with Gasteiger partial charge in [-0.1, -0.05) is 54.1 Å². The number of likely N-dealkylation sites (tertiary alicyclic amines) is 1. The fraction of sp³-hybridized carbons (Fsp3) is 0.227. The lowest BCUT2D eigenvalue weighted by atomic mass is 10.1. The molecule has 0 aliphatic carbocycles. The van der Waals surface area contributed by atoms with Gasteiger partial charge in [-0.15, -0.1) is 0 Å². The molecule has 2 amide bonds. The highest BCUT2D eigenvalue weighted by molar-refractivity contribution is 9.10. The topological polar surface area (TPSA) is 87.3 Å². The highest BCUT2D eigenvalue weighted by Crippen LogP contribution is 2.33. The standard InChI is InChI=1S/C22H20BrClN4O3/c23-18-19(15-8-10-16(24)11-9-15)26-27-20(18)25-21(29)17-7-4-12-28(17)22(30)31-13-14-5-2-1-3-6-14/h1-3,5-6,8-11,17H,4,7,12-13H2,(H2,25,26,27,29). The Bertz CT molecular complexity index is 1070. The minimum atomic E-state index is -0.606. The van der Waals surface area contributed by atoms with Crippen molar-refractivity contribution in [2.24, 2.45) is 0 Å². The van der Waals surface area contributed by atoms with E-state index >= 15 is 0 Å². The highest BCUT2D eigenvalue weighted by Gasteiger charge is 2.35. The van der Waals surface area contributed by atoms with Gasteiger partial charge in [0, 0.05) is 17.1 Å². The van der Waals surface area contributed by atoms with Crippen molar-refractivity contribution in [2.45, 2.75) is 25.5 Å². The summed E-state index contributed by atoms with van der Waals surface area (Å²) in [5, 5.41) is 10.6. The van der Waals surface area contributed by atoms with E-state index in [2.05, 4.69) is 31.4 Å². The van der Waals surface area contributed by atoms with Crippen molar-refractivity contribution in [1.29, 1.82) is 0 Å². The van der Waals surface area contributed by atoms with Crippen LogP contribution in [0.4, 0.5) is 10.6 Å². The molecule has 1 aromatic heterocycles. The maximum Gasteiger partial charge on any atom is 0.410 e. The molecule has 31 heavy (non-hydrogen) atoms. The molecule has 0 radical (unpaired) electrons. The summed E-state index contributed by atoms with van der Waals surface area (Å²) in [6.07, 6.45) is 0.804. The number of hydrogen-bond acceptors (Lipinski definition) is 4. The van der Waals surface area contributed by atoms with Gasteiger partial charge >= 0.3 is 6.09 Å². The summed E-state index contributed by atoms with van der Waals surface area (Å²) in [4.78, 5) is 26.9. The number of hydrogen-bond donors (Lipinski definition) is 2. The molecule has 0 bridgehead atoms. The average Bonchev–Trinajstić information content (AvgIpc) is 3.41. The monoisotopic (exact) mass is 502 g/mol. The van der Waals surface area contributed by atoms with Crippen molar-refractivity contribution in [3.8, 4) is 11.3 Å². The first-order chi connectivity index (χ1) is 15.0. The maximum absolute atomic E-state index is 12.9. The summed E-state index contributed by atoms with van der Waals surface area (Å²) >= 11 is 9.44. The van der Waals surface area contributed by atoms with E-state index in [1.54, 1.807) is 12.1 Å². The van der Waals surface area contributed by atoms with Crippen LogP contribution in [0.25, 0.3) is 11.3 Å². The Morgan fingerprint density at radius 2 is 1.94 bits per heavy atom. The molecule has 1 atom stereocenters. The number of carbonyl (C=O) groups excluding carboxylic acids is 2. The first kappa shape index (κ1) is 21.4. The average molecular weight is 504 g/mol. The van der Waals surface area contributed by atoms with Crippen molar-refractivity contribution in [3.63, 3.8) is 0 Å². The fourth-order valence-corrected chi connectivity index (χ4v) is 4.11. The van der Waals surface area contributed by atoms with Crippen LogP contribution in [0.5, 0.6) is 0 Å². The van der Waals surface area contributed by atoms with Crippen LogP contribution in [-0.2, 0) is 16.1 Å². The van der Waals surface area contributed by atoms with Crippen molar-refractivity contribution in [1.82, 2.24) is 15.1 Å². The van der Waals surface area contributed by atoms with Crippen LogP contribution in [0.1, 0.15) is 18.4 Å². The molecule has 0 spiro atoms. The second kappa shape index (κ2) is 9.53. The fourth-order valence-electron chi connectivity index (χ4n) is 3.48. The lowest BCUT2D eigenvalue weighted by molar-refractivity contribution is -0.120. The van der Waals surface area contributed by atoms with E-state index in [1.807, 2.05) is 42.5 Å². The Labute approximate surface area is 192 Å². The van der Waals surface area contributed by atoms with Gasteiger partial charge in [-0.05, 0) is 46.5 Å². The number of aromatic nitrogens is 2. The zero-order valence-electron chi connectivity index (χ0n) is 16.5. The van der Waals surface area contributed by atoms with E-state index in [0.717, 1.165) is 23.2 Å². The van der Waals surface area contributed by atoms with Crippen LogP contribution in [-0.4, -0.2) is 39.7 Å². The molecule has 2 N–H and O–H groups in total. The van der Waals surface area contributed by atoms with Gasteiger partial charge < -0.3 is 10.1 Å². The molecule has 160 valence electrons. The van der Waals surface area contributed by atoms with Gasteiger partial charge in [0.25, 0.3) is 0 Å². The van der Waals surface area contributed by atoms with Crippen LogP contribution in [0.15, 0.2) is 59.1 Å². The van der Waals surface area contributed by atoms with E-state index in [4.69, 9.17) is 16.3 Å². The number of nitrogens with one attached hydrogen (secondary N) is 2. The molecule has 1 saturated heterocycles. The quantitative estimate of drug-likeness (QED) is 0.499. The minimum absolute atomic E-state index is 0.167. The van der Waals surface area contributed by atoms with E-state index in [1.165, 1.54) is 4.90 Å². The molecule has 0 saturated carbocycles. The van der Waals surface area contributed by atoms with Gasteiger partial charge in [-0.25, -0.2) is 4.79 Å². The Kier molecular flexibility index (Phi) is 6.58. The summed E-state index contributed by atoms with van der Waals surface area (Å²) in [6.45, 7) is 0.642. The van der Waals surface area contributed by atoms with E-state index in [9.17, 15) is 9.59 Å². The van der Waals surface area contributed by atoms with Crippen molar-refractivity contribution < 1.29 is 14.3 Å². The molecule has 1 aliphatic heterocycles. The number of anilines is 1. The molecule has 2 heterocycles. The number of halogens is 2. The number of aromatic amines is 1. The lowest BCUT2D eigenvalue weighted by Crippen LogP contribution is -2.43. The molecule has 7 nitrogen and oxygen atoms in total. The molecule has 4 rings (SSSR count). The number of H-pyrrole nitrogens is 1. The summed E-state index contributed by atoms with van der Waals surface area (Å²) in [7, 11) is 0. The van der Waals surface area contributed by atoms with Crippen molar-refractivity contribution >= 4 is 45.3 Å². The maximum atomic E-state index is 12.9. The van der Waals surface area contributed by atoms with Crippen molar-refractivity contribution in [2.75, 3.05) is 11.9 Å². The third-order valence-corrected chi connectivity index (χ3v) is 6.10. The number of nitrogens with zero attached hydrogens (tertiary/aromatic N) is 2. The molecule has 9 heteroatoms. The summed E-state index contributed by atoms with van der Waals surface area (Å²) in [5.41, 5.74) is 2.49. The third kappa shape index (κ3) is 4.91. The van der Waals surface area contributed by atoms with E-state index in [0.29, 0.717) is 28.3 Å². The predicted octanol–water partition coefficient (Wildman–Crippen LogP) is 5.23. The van der Waals surface area contributed by atoms with Gasteiger partial charge in [0.1, 0.15) is 12.6 Å². The summed E-state index contributed by atoms with van der Waals surface area (Å²) < 4.78 is 6.03. The van der Waals surface area contributed by atoms with Crippen LogP contribution >= 0.6 is 27.5 Å². The Morgan fingerprint density at radius 3 is 2.68 bits per heavy atom. The zero-order valence-corrected chi connectivity index (χ0v) is 18.8. The third-order valence-electron chi connectivity index (χ3n) is 5.08. The number of carbonyl (C=O) groups is 2. The Hall–Kier alpha value is -2.84. The SMILES string of the molecule is O=C(Nc1n[nH]c(-c2ccc(Cl)cc2)c1Br)C1CCCN1C(=O)OCc1ccccc1. The molecule has 1 fully saturated rings. The van der Waals surface area contributed by atoms with Gasteiger partial charge in [0.2, 0.25) is 5.91 Å². The Balaban J connectivity index is 1.41. The van der Waals surface area contributed by atoms with Crippen LogP contribution in [0.2, 0.25) is 5.02 Å². The predicted molar refractivity (Wildman–Crippen MR) is 122 cm³/mol. The normalized spacial score (nSPS) is 15.7. The van der Waals surface area contributed by atoms with E-state index < -0.39 is 12.1 Å². The van der Waals surface area contributed by atoms with Crippen LogP contribution in [0.3, 0.4) is 0 Å². The first-order valence-corrected chi connectivity index (χ1v) is 11.0. The molecule has 3 aromatic rings. The molecule has 1 aliphatic rings. The second-order valence-electron chi connectivity index (χ2n) is 7.15. The second-order valence-corrected chi connectivity index (χ2v) is 8.38. The highest BCUT2D eigenvalue weighted by atomic mass is 79.9. The molecule has 1 unspecified atom stereocenters. The number of amides is 2. The minimum Gasteiger partial charge on any atom is -0.445 e. The van der Waals surface area contributed by atoms with Crippen LogP contribution in [0, 0.1) is 0 Å². The lowest BCUT2D eigenvalue weighted by Gasteiger charge is -2.23. The molecular weight excluding hydrogens is 484 g/mol. The summed E-state index contributed by atoms with van der Waals surface area (Å²) in [5.74, 6) is 0.0588. The molecular formula is C22H20BrClN4O3. The van der Waals surface area contributed by atoms with Gasteiger partial charge in [-0.3, -0.25) is 14.8 Å². The smallest absolute Gasteiger partial charge is 0.410 e. The number of benzene rings is 2.